The van der Waals surface area contributed by atoms with Gasteiger partial charge in [-0.05, 0) is 33.0 Å². The van der Waals surface area contributed by atoms with Gasteiger partial charge in [0.15, 0.2) is 0 Å². The highest BCUT2D eigenvalue weighted by Gasteiger charge is 2.52. The van der Waals surface area contributed by atoms with Gasteiger partial charge < -0.3 is 14.5 Å². The molecule has 3 aromatic carbocycles. The fourth-order valence-electron chi connectivity index (χ4n) is 3.56. The minimum absolute atomic E-state index is 0.149. The summed E-state index contributed by atoms with van der Waals surface area (Å²) in [6, 6.07) is 27.8. The summed E-state index contributed by atoms with van der Waals surface area (Å²) in [6.45, 7) is 6.64. The molecule has 0 aliphatic carbocycles. The van der Waals surface area contributed by atoms with Gasteiger partial charge >= 0.3 is 15.4 Å². The van der Waals surface area contributed by atoms with Crippen molar-refractivity contribution in [3.63, 3.8) is 0 Å². The second kappa shape index (κ2) is 7.72. The molecule has 3 rings (SSSR count). The van der Waals surface area contributed by atoms with Crippen LogP contribution in [-0.2, 0) is 0 Å². The first-order valence-electron chi connectivity index (χ1n) is 9.11. The van der Waals surface area contributed by atoms with Gasteiger partial charge in [-0.3, -0.25) is 0 Å². The lowest BCUT2D eigenvalue weighted by molar-refractivity contribution is 0.425. The van der Waals surface area contributed by atoms with Crippen molar-refractivity contribution in [1.29, 1.82) is 0 Å². The summed E-state index contributed by atoms with van der Waals surface area (Å²) >= 11 is 0. The van der Waals surface area contributed by atoms with E-state index >= 15 is 0 Å². The van der Waals surface area contributed by atoms with Crippen molar-refractivity contribution in [2.45, 2.75) is 25.8 Å². The first kappa shape index (κ1) is 19.4. The van der Waals surface area contributed by atoms with Crippen LogP contribution >= 0.6 is 0 Å². The molecule has 0 radical (unpaired) electrons. The van der Waals surface area contributed by atoms with Gasteiger partial charge in [0.25, 0.3) is 0 Å². The van der Waals surface area contributed by atoms with Crippen molar-refractivity contribution >= 4 is 31.3 Å². The largest absolute Gasteiger partial charge is 0.534 e. The average molecular weight is 376 g/mol. The van der Waals surface area contributed by atoms with E-state index in [4.69, 9.17) is 4.43 Å². The van der Waals surface area contributed by atoms with Crippen molar-refractivity contribution in [2.75, 3.05) is 0 Å². The molecule has 3 nitrogen and oxygen atoms in total. The van der Waals surface area contributed by atoms with Crippen molar-refractivity contribution in [3.05, 3.63) is 84.9 Å². The summed E-state index contributed by atoms with van der Waals surface area (Å²) < 4.78 is 6.85. The SMILES string of the molecule is CC(C)(C)[Si](Oc1cccc(B(O)O)c1)(c1ccccc1)c1ccccc1. The van der Waals surface area contributed by atoms with Crippen molar-refractivity contribution in [1.82, 2.24) is 0 Å². The van der Waals surface area contributed by atoms with E-state index in [0.29, 0.717) is 11.2 Å². The number of hydrogen-bond acceptors (Lipinski definition) is 3. The minimum Gasteiger partial charge on any atom is -0.534 e. The molecule has 0 fully saturated rings. The lowest BCUT2D eigenvalue weighted by atomic mass is 9.80. The van der Waals surface area contributed by atoms with Crippen LogP contribution in [0.15, 0.2) is 84.9 Å². The second-order valence-electron chi connectivity index (χ2n) is 7.71. The third kappa shape index (κ3) is 3.86. The van der Waals surface area contributed by atoms with E-state index < -0.39 is 15.4 Å². The van der Waals surface area contributed by atoms with Crippen molar-refractivity contribution in [2.24, 2.45) is 0 Å². The quantitative estimate of drug-likeness (QED) is 0.672. The molecule has 138 valence electrons. The summed E-state index contributed by atoms with van der Waals surface area (Å²) in [4.78, 5) is 0. The van der Waals surface area contributed by atoms with Crippen LogP contribution in [-0.4, -0.2) is 25.5 Å². The summed E-state index contributed by atoms with van der Waals surface area (Å²) in [5.74, 6) is 0.648. The van der Waals surface area contributed by atoms with Crippen LogP contribution in [0.4, 0.5) is 0 Å². The fourth-order valence-corrected chi connectivity index (χ4v) is 7.98. The molecule has 2 N–H and O–H groups in total. The Labute approximate surface area is 162 Å². The van der Waals surface area contributed by atoms with Crippen LogP contribution in [0.3, 0.4) is 0 Å². The standard InChI is InChI=1S/C22H25BO3Si/c1-22(2,3)27(20-13-6-4-7-14-20,21-15-8-5-9-16-21)26-19-12-10-11-18(17-19)23(24)25/h4-17,24-25H,1-3H3. The number of benzene rings is 3. The molecular weight excluding hydrogens is 351 g/mol. The van der Waals surface area contributed by atoms with Gasteiger partial charge in [0, 0.05) is 0 Å². The van der Waals surface area contributed by atoms with Crippen LogP contribution in [0.25, 0.3) is 0 Å². The van der Waals surface area contributed by atoms with Gasteiger partial charge in [-0.25, -0.2) is 0 Å². The smallest absolute Gasteiger partial charge is 0.488 e. The Hall–Kier alpha value is -2.34. The monoisotopic (exact) mass is 376 g/mol. The molecule has 3 aromatic rings. The molecule has 5 heteroatoms. The Bertz CT molecular complexity index is 837. The predicted molar refractivity (Wildman–Crippen MR) is 115 cm³/mol. The van der Waals surface area contributed by atoms with Crippen molar-refractivity contribution in [3.8, 4) is 5.75 Å². The number of rotatable bonds is 5. The molecule has 0 bridgehead atoms. The highest BCUT2D eigenvalue weighted by molar-refractivity contribution is 7.00. The fraction of sp³-hybridized carbons (Fsp3) is 0.182. The predicted octanol–water partition coefficient (Wildman–Crippen LogP) is 2.31. The van der Waals surface area contributed by atoms with Crippen LogP contribution in [0, 0.1) is 0 Å². The molecule has 27 heavy (non-hydrogen) atoms. The molecule has 0 amide bonds. The third-order valence-corrected chi connectivity index (χ3v) is 9.79. The van der Waals surface area contributed by atoms with Gasteiger partial charge in [0.1, 0.15) is 5.75 Å². The highest BCUT2D eigenvalue weighted by Crippen LogP contribution is 2.37. The van der Waals surface area contributed by atoms with Gasteiger partial charge in [-0.15, -0.1) is 0 Å². The Kier molecular flexibility index (Phi) is 5.56. The molecule has 0 atom stereocenters. The van der Waals surface area contributed by atoms with E-state index in [0.717, 1.165) is 0 Å². The lowest BCUT2D eigenvalue weighted by Gasteiger charge is -2.43. The maximum Gasteiger partial charge on any atom is 0.488 e. The zero-order chi connectivity index (χ0) is 19.5. The molecule has 0 spiro atoms. The van der Waals surface area contributed by atoms with E-state index in [-0.39, 0.29) is 5.04 Å². The second-order valence-corrected chi connectivity index (χ2v) is 11.9. The van der Waals surface area contributed by atoms with Crippen LogP contribution in [0.1, 0.15) is 20.8 Å². The zero-order valence-corrected chi connectivity index (χ0v) is 17.0. The Morgan fingerprint density at radius 3 is 1.70 bits per heavy atom. The molecule has 0 saturated carbocycles. The Morgan fingerprint density at radius 2 is 1.26 bits per heavy atom. The first-order valence-corrected chi connectivity index (χ1v) is 11.0. The van der Waals surface area contributed by atoms with Crippen LogP contribution < -0.4 is 20.3 Å². The molecular formula is C22H25BO3Si. The maximum absolute atomic E-state index is 9.55. The van der Waals surface area contributed by atoms with Gasteiger partial charge in [0.2, 0.25) is 0 Å². The van der Waals surface area contributed by atoms with Gasteiger partial charge in [-0.2, -0.15) is 0 Å². The van der Waals surface area contributed by atoms with Crippen molar-refractivity contribution < 1.29 is 14.5 Å². The summed E-state index contributed by atoms with van der Waals surface area (Å²) in [5.41, 5.74) is 0.422. The first-order chi connectivity index (χ1) is 12.8. The van der Waals surface area contributed by atoms with E-state index in [1.807, 2.05) is 42.5 Å². The molecule has 0 aromatic heterocycles. The summed E-state index contributed by atoms with van der Waals surface area (Å²) in [6.07, 6.45) is 0. The van der Waals surface area contributed by atoms with Gasteiger partial charge in [-0.1, -0.05) is 93.6 Å². The lowest BCUT2D eigenvalue weighted by Crippen LogP contribution is -2.68. The summed E-state index contributed by atoms with van der Waals surface area (Å²) in [7, 11) is -4.23. The van der Waals surface area contributed by atoms with Crippen LogP contribution in [0.5, 0.6) is 5.75 Å². The van der Waals surface area contributed by atoms with E-state index in [1.54, 1.807) is 18.2 Å². The van der Waals surface area contributed by atoms with E-state index in [1.165, 1.54) is 10.4 Å². The maximum atomic E-state index is 9.55. The molecule has 0 saturated heterocycles. The zero-order valence-electron chi connectivity index (χ0n) is 16.0. The normalized spacial score (nSPS) is 11.9. The summed E-state index contributed by atoms with van der Waals surface area (Å²) in [5, 5.41) is 21.3. The highest BCUT2D eigenvalue weighted by atomic mass is 28.4. The Morgan fingerprint density at radius 1 is 0.741 bits per heavy atom. The number of hydrogen-bond donors (Lipinski definition) is 2. The third-order valence-electron chi connectivity index (χ3n) is 4.84. The van der Waals surface area contributed by atoms with Crippen LogP contribution in [0.2, 0.25) is 5.04 Å². The molecule has 0 aliphatic rings. The van der Waals surface area contributed by atoms with E-state index in [9.17, 15) is 10.0 Å². The van der Waals surface area contributed by atoms with E-state index in [2.05, 4.69) is 45.0 Å². The molecule has 0 heterocycles. The average Bonchev–Trinajstić information content (AvgIpc) is 2.66. The minimum atomic E-state index is -2.71. The Balaban J connectivity index is 2.22. The topological polar surface area (TPSA) is 49.7 Å². The molecule has 0 unspecified atom stereocenters. The van der Waals surface area contributed by atoms with Gasteiger partial charge in [0.05, 0.1) is 0 Å². The molecule has 0 aliphatic heterocycles.